The molecule has 2 saturated heterocycles. The van der Waals surface area contributed by atoms with Crippen molar-refractivity contribution in [2.45, 2.75) is 43.9 Å². The monoisotopic (exact) mass is 485 g/mol. The van der Waals surface area contributed by atoms with Crippen LogP contribution in [0, 0.1) is 6.92 Å². The van der Waals surface area contributed by atoms with Crippen molar-refractivity contribution in [3.63, 3.8) is 0 Å². The van der Waals surface area contributed by atoms with Crippen molar-refractivity contribution in [3.05, 3.63) is 35.7 Å². The lowest BCUT2D eigenvalue weighted by Gasteiger charge is -2.38. The first-order valence-corrected chi connectivity index (χ1v) is 13.7. The largest absolute Gasteiger partial charge is 0.381 e. The summed E-state index contributed by atoms with van der Waals surface area (Å²) in [6, 6.07) is 7.86. The van der Waals surface area contributed by atoms with Crippen molar-refractivity contribution >= 4 is 26.7 Å². The highest BCUT2D eigenvalue weighted by Crippen LogP contribution is 2.40. The lowest BCUT2D eigenvalue weighted by molar-refractivity contribution is 0.0731. The van der Waals surface area contributed by atoms with Crippen molar-refractivity contribution in [2.24, 2.45) is 0 Å². The number of aromatic nitrogens is 4. The van der Waals surface area contributed by atoms with Gasteiger partial charge in [-0.25, -0.2) is 23.4 Å². The summed E-state index contributed by atoms with van der Waals surface area (Å²) in [7, 11) is -3.48. The van der Waals surface area contributed by atoms with Gasteiger partial charge in [-0.2, -0.15) is 0 Å². The van der Waals surface area contributed by atoms with Crippen molar-refractivity contribution in [1.29, 1.82) is 0 Å². The number of rotatable bonds is 5. The molecule has 1 atom stereocenters. The summed E-state index contributed by atoms with van der Waals surface area (Å²) in [5, 5.41) is 0. The molecule has 3 aromatic heterocycles. The molecule has 0 aromatic carbocycles. The fourth-order valence-corrected chi connectivity index (χ4v) is 6.40. The smallest absolute Gasteiger partial charge is 0.180 e. The minimum Gasteiger partial charge on any atom is -0.381 e. The van der Waals surface area contributed by atoms with Crippen LogP contribution in [-0.4, -0.2) is 73.6 Å². The molecule has 0 spiro atoms. The third kappa shape index (κ3) is 4.08. The minimum absolute atomic E-state index is 0.163. The molecule has 2 aliphatic rings. The summed E-state index contributed by atoms with van der Waals surface area (Å²) >= 11 is 0. The number of pyridine rings is 1. The van der Waals surface area contributed by atoms with Crippen LogP contribution in [0.1, 0.15) is 37.6 Å². The number of anilines is 1. The predicted octanol–water partition coefficient (Wildman–Crippen LogP) is 2.99. The second kappa shape index (κ2) is 8.90. The lowest BCUT2D eigenvalue weighted by Crippen LogP contribution is -2.46. The summed E-state index contributed by atoms with van der Waals surface area (Å²) in [4.78, 5) is 20.0. The van der Waals surface area contributed by atoms with Crippen LogP contribution < -0.4 is 4.90 Å². The van der Waals surface area contributed by atoms with Gasteiger partial charge in [-0.05, 0) is 44.4 Å². The topological polar surface area (TPSA) is 110 Å². The zero-order valence-electron chi connectivity index (χ0n) is 19.9. The Morgan fingerprint density at radius 1 is 1.12 bits per heavy atom. The maximum absolute atomic E-state index is 13.2. The van der Waals surface area contributed by atoms with Gasteiger partial charge < -0.3 is 19.4 Å². The molecule has 2 aliphatic heterocycles. The van der Waals surface area contributed by atoms with E-state index in [1.54, 1.807) is 0 Å². The van der Waals surface area contributed by atoms with E-state index < -0.39 is 14.6 Å². The summed E-state index contributed by atoms with van der Waals surface area (Å²) < 4.78 is 36.5. The van der Waals surface area contributed by atoms with E-state index in [0.717, 1.165) is 29.0 Å². The van der Waals surface area contributed by atoms with Gasteiger partial charge in [0.2, 0.25) is 0 Å². The summed E-state index contributed by atoms with van der Waals surface area (Å²) in [5.41, 5.74) is 3.92. The average Bonchev–Trinajstić information content (AvgIpc) is 3.22. The van der Waals surface area contributed by atoms with Crippen LogP contribution in [0.5, 0.6) is 0 Å². The normalized spacial score (nSPS) is 21.1. The molecule has 3 aromatic rings. The number of ether oxygens (including phenoxy) is 2. The molecule has 0 aliphatic carbocycles. The minimum atomic E-state index is -3.48. The Morgan fingerprint density at radius 2 is 1.91 bits per heavy atom. The van der Waals surface area contributed by atoms with Crippen molar-refractivity contribution in [2.75, 3.05) is 44.1 Å². The van der Waals surface area contributed by atoms with Gasteiger partial charge in [0.1, 0.15) is 16.3 Å². The number of aryl methyl sites for hydroxylation is 1. The van der Waals surface area contributed by atoms with E-state index in [4.69, 9.17) is 24.4 Å². The lowest BCUT2D eigenvalue weighted by atomic mass is 9.94. The van der Waals surface area contributed by atoms with E-state index in [2.05, 4.69) is 16.8 Å². The Labute approximate surface area is 199 Å². The van der Waals surface area contributed by atoms with E-state index in [-0.39, 0.29) is 6.04 Å². The highest BCUT2D eigenvalue weighted by atomic mass is 32.2. The van der Waals surface area contributed by atoms with Crippen LogP contribution in [-0.2, 0) is 24.1 Å². The summed E-state index contributed by atoms with van der Waals surface area (Å²) in [6.07, 6.45) is 2.93. The van der Waals surface area contributed by atoms with Crippen molar-refractivity contribution in [1.82, 2.24) is 19.9 Å². The number of aromatic amines is 1. The van der Waals surface area contributed by atoms with Crippen LogP contribution in [0.15, 0.2) is 24.3 Å². The molecule has 182 valence electrons. The summed E-state index contributed by atoms with van der Waals surface area (Å²) in [5.74, 6) is 1.15. The van der Waals surface area contributed by atoms with Crippen LogP contribution in [0.25, 0.3) is 22.6 Å². The molecular weight excluding hydrogens is 454 g/mol. The quantitative estimate of drug-likeness (QED) is 0.587. The van der Waals surface area contributed by atoms with E-state index in [0.29, 0.717) is 63.0 Å². The molecule has 0 radical (unpaired) electrons. The van der Waals surface area contributed by atoms with Gasteiger partial charge in [-0.15, -0.1) is 0 Å². The van der Waals surface area contributed by atoms with Gasteiger partial charge in [0.15, 0.2) is 15.7 Å². The van der Waals surface area contributed by atoms with Crippen molar-refractivity contribution in [3.8, 4) is 11.5 Å². The average molecular weight is 486 g/mol. The second-order valence-corrected chi connectivity index (χ2v) is 11.6. The molecular formula is C24H31N5O4S. The molecule has 10 heteroatoms. The first-order valence-electron chi connectivity index (χ1n) is 11.8. The van der Waals surface area contributed by atoms with E-state index in [9.17, 15) is 8.42 Å². The molecule has 0 saturated carbocycles. The van der Waals surface area contributed by atoms with Gasteiger partial charge in [0, 0.05) is 37.8 Å². The van der Waals surface area contributed by atoms with Crippen LogP contribution in [0.3, 0.4) is 0 Å². The Balaban J connectivity index is 1.70. The first-order chi connectivity index (χ1) is 16.3. The van der Waals surface area contributed by atoms with Gasteiger partial charge in [-0.3, -0.25) is 0 Å². The predicted molar refractivity (Wildman–Crippen MR) is 131 cm³/mol. The second-order valence-electron chi connectivity index (χ2n) is 9.23. The van der Waals surface area contributed by atoms with E-state index >= 15 is 0 Å². The Hall–Kier alpha value is -2.56. The fourth-order valence-electron chi connectivity index (χ4n) is 5.01. The summed E-state index contributed by atoms with van der Waals surface area (Å²) in [6.45, 7) is 6.77. The van der Waals surface area contributed by atoms with Gasteiger partial charge in [0.05, 0.1) is 36.0 Å². The number of morpholine rings is 1. The number of sulfone groups is 1. The third-order valence-corrected chi connectivity index (χ3v) is 9.06. The molecule has 0 unspecified atom stereocenters. The molecule has 5 heterocycles. The number of fused-ring (bicyclic) bond motifs is 1. The van der Waals surface area contributed by atoms with Crippen molar-refractivity contribution < 1.29 is 17.9 Å². The number of hydrogen-bond acceptors (Lipinski definition) is 8. The molecule has 0 bridgehead atoms. The number of nitrogens with one attached hydrogen (secondary N) is 1. The number of hydrogen-bond donors (Lipinski definition) is 1. The van der Waals surface area contributed by atoms with Crippen LogP contribution >= 0.6 is 0 Å². The van der Waals surface area contributed by atoms with Crippen LogP contribution in [0.2, 0.25) is 0 Å². The SMILES string of the molecule is CC[C@H]1COCCN1c1cc(C2(S(C)(=O)=O)CCOCC2)nc(-c2ccc3[nH]c(C)cc3n2)n1. The molecule has 2 fully saturated rings. The molecule has 1 N–H and O–H groups in total. The zero-order chi connectivity index (χ0) is 23.9. The first kappa shape index (κ1) is 23.2. The Kier molecular flexibility index (Phi) is 6.07. The maximum Gasteiger partial charge on any atom is 0.180 e. The maximum atomic E-state index is 13.2. The number of H-pyrrole nitrogens is 1. The molecule has 9 nitrogen and oxygen atoms in total. The van der Waals surface area contributed by atoms with Crippen LogP contribution in [0.4, 0.5) is 5.82 Å². The third-order valence-electron chi connectivity index (χ3n) is 7.02. The molecule has 34 heavy (non-hydrogen) atoms. The highest BCUT2D eigenvalue weighted by Gasteiger charge is 2.46. The van der Waals surface area contributed by atoms with Gasteiger partial charge in [0.25, 0.3) is 0 Å². The number of nitrogens with zero attached hydrogens (tertiary/aromatic N) is 4. The molecule has 5 rings (SSSR count). The Morgan fingerprint density at radius 3 is 2.65 bits per heavy atom. The zero-order valence-corrected chi connectivity index (χ0v) is 20.7. The van der Waals surface area contributed by atoms with E-state index in [1.807, 2.05) is 31.2 Å². The Bertz CT molecular complexity index is 1300. The molecule has 0 amide bonds. The standard InChI is InChI=1S/C24H31N5O4S/c1-4-17-15-33-12-9-29(17)22-14-21(24(34(3,30)31)7-10-32-11-8-24)27-23(28-22)19-6-5-18-20(26-19)13-16(2)25-18/h5-6,13-14,17,25H,4,7-12,15H2,1-3H3/t17-/m0/s1. The van der Waals surface area contributed by atoms with Gasteiger partial charge >= 0.3 is 0 Å². The highest BCUT2D eigenvalue weighted by molar-refractivity contribution is 7.91. The van der Waals surface area contributed by atoms with E-state index in [1.165, 1.54) is 6.26 Å². The van der Waals surface area contributed by atoms with Gasteiger partial charge in [-0.1, -0.05) is 6.92 Å². The fraction of sp³-hybridized carbons (Fsp3) is 0.542.